The first-order valence-electron chi connectivity index (χ1n) is 7.45. The zero-order valence-electron chi connectivity index (χ0n) is 13.5. The number of allylic oxidation sites excluding steroid dienone is 1. The molecular weight excluding hydrogens is 457 g/mol. The number of quaternary nitrogens is 1. The van der Waals surface area contributed by atoms with Crippen molar-refractivity contribution < 1.29 is 9.53 Å². The van der Waals surface area contributed by atoms with Crippen molar-refractivity contribution in [3.8, 4) is 0 Å². The van der Waals surface area contributed by atoms with Crippen molar-refractivity contribution in [2.24, 2.45) is 0 Å². The molecule has 0 spiro atoms. The summed E-state index contributed by atoms with van der Waals surface area (Å²) in [6.45, 7) is 4.13. The molecule has 0 bridgehead atoms. The van der Waals surface area contributed by atoms with Crippen LogP contribution in [0, 0.1) is 8.78 Å². The summed E-state index contributed by atoms with van der Waals surface area (Å²) in [6.07, 6.45) is 4.41. The van der Waals surface area contributed by atoms with Gasteiger partial charge in [-0.25, -0.2) is 9.69 Å². The van der Waals surface area contributed by atoms with E-state index in [1.54, 1.807) is 25.4 Å². The van der Waals surface area contributed by atoms with E-state index in [1.165, 1.54) is 17.5 Å². The first kappa shape index (κ1) is 18.3. The molecule has 1 fully saturated rings. The molecule has 1 aliphatic rings. The molecule has 0 aromatic carbocycles. The lowest BCUT2D eigenvalue weighted by Crippen LogP contribution is -2.50. The van der Waals surface area contributed by atoms with Crippen LogP contribution in [-0.4, -0.2) is 52.5 Å². The fourth-order valence-electron chi connectivity index (χ4n) is 2.53. The Morgan fingerprint density at radius 3 is 3.12 bits per heavy atom. The number of nitrogens with zero attached hydrogens (tertiary/aromatic N) is 5. The van der Waals surface area contributed by atoms with E-state index in [-0.39, 0.29) is 11.8 Å². The fourth-order valence-corrected chi connectivity index (χ4v) is 3.93. The summed E-state index contributed by atoms with van der Waals surface area (Å²) in [5.74, 6) is -0.569. The molecule has 1 aliphatic heterocycles. The summed E-state index contributed by atoms with van der Waals surface area (Å²) in [5, 5.41) is 22.4. The van der Waals surface area contributed by atoms with E-state index >= 15 is 0 Å². The lowest BCUT2D eigenvalue weighted by Gasteiger charge is -2.38. The minimum Gasteiger partial charge on any atom is -0.622 e. The van der Waals surface area contributed by atoms with Gasteiger partial charge in [-0.15, -0.1) is 11.7 Å². The lowest BCUT2D eigenvalue weighted by molar-refractivity contribution is 0.00554. The van der Waals surface area contributed by atoms with Crippen LogP contribution in [-0.2, 0) is 11.2 Å². The standard InChI is InChI=1S/C15H16IN5O3S/c1-3-4-12-18-19-15(25-12)21(23)9-20(2)8-13(21)24-14(22)10-5-11(16)7-17-6-10/h3,5-7,13H,1,4,8-9H2,2H3. The Kier molecular flexibility index (Phi) is 5.43. The zero-order valence-corrected chi connectivity index (χ0v) is 16.4. The van der Waals surface area contributed by atoms with Gasteiger partial charge in [0.15, 0.2) is 0 Å². The molecule has 25 heavy (non-hydrogen) atoms. The van der Waals surface area contributed by atoms with Gasteiger partial charge >= 0.3 is 11.1 Å². The van der Waals surface area contributed by atoms with Crippen LogP contribution in [0.2, 0.25) is 0 Å². The molecule has 2 aromatic rings. The summed E-state index contributed by atoms with van der Waals surface area (Å²) in [7, 11) is 1.80. The smallest absolute Gasteiger partial charge is 0.344 e. The molecule has 1 saturated heterocycles. The van der Waals surface area contributed by atoms with Gasteiger partial charge in [-0.3, -0.25) is 9.63 Å². The number of esters is 1. The van der Waals surface area contributed by atoms with Gasteiger partial charge in [-0.2, -0.15) is 0 Å². The first-order chi connectivity index (χ1) is 11.9. The summed E-state index contributed by atoms with van der Waals surface area (Å²) in [5.41, 5.74) is 0.317. The van der Waals surface area contributed by atoms with Gasteiger partial charge in [0.2, 0.25) is 0 Å². The second kappa shape index (κ2) is 7.41. The third-order valence-corrected chi connectivity index (χ3v) is 5.31. The van der Waals surface area contributed by atoms with Gasteiger partial charge in [-0.1, -0.05) is 11.2 Å². The van der Waals surface area contributed by atoms with Crippen molar-refractivity contribution in [2.45, 2.75) is 12.6 Å². The molecule has 0 aliphatic carbocycles. The maximum atomic E-state index is 13.4. The molecule has 3 rings (SSSR count). The Labute approximate surface area is 162 Å². The highest BCUT2D eigenvalue weighted by atomic mass is 127. The van der Waals surface area contributed by atoms with E-state index in [4.69, 9.17) is 4.74 Å². The fraction of sp³-hybridized carbons (Fsp3) is 0.333. The number of carbonyl (C=O) groups excluding carboxylic acids is 1. The number of carbonyl (C=O) groups is 1. The molecule has 0 amide bonds. The minimum atomic E-state index is -0.903. The summed E-state index contributed by atoms with van der Waals surface area (Å²) in [4.78, 5) is 18.2. The number of ether oxygens (including phenoxy) is 1. The normalized spacial score (nSPS) is 23.6. The number of rotatable bonds is 5. The van der Waals surface area contributed by atoms with Crippen molar-refractivity contribution in [2.75, 3.05) is 20.3 Å². The van der Waals surface area contributed by atoms with E-state index in [1.807, 2.05) is 4.90 Å². The quantitative estimate of drug-likeness (QED) is 0.216. The first-order valence-corrected chi connectivity index (χ1v) is 9.34. The van der Waals surface area contributed by atoms with Crippen LogP contribution >= 0.6 is 33.9 Å². The number of aromatic nitrogens is 3. The average molecular weight is 473 g/mol. The van der Waals surface area contributed by atoms with Crippen LogP contribution in [0.5, 0.6) is 0 Å². The lowest BCUT2D eigenvalue weighted by atomic mass is 10.3. The van der Waals surface area contributed by atoms with Crippen LogP contribution in [0.1, 0.15) is 15.4 Å². The molecule has 10 heteroatoms. The highest BCUT2D eigenvalue weighted by molar-refractivity contribution is 14.1. The van der Waals surface area contributed by atoms with Gasteiger partial charge in [0.25, 0.3) is 6.23 Å². The van der Waals surface area contributed by atoms with Crippen molar-refractivity contribution in [1.29, 1.82) is 0 Å². The number of hydrogen-bond donors (Lipinski definition) is 0. The average Bonchev–Trinajstić information content (AvgIpc) is 3.13. The number of hydroxylamine groups is 2. The van der Waals surface area contributed by atoms with Crippen LogP contribution in [0.4, 0.5) is 5.13 Å². The maximum Gasteiger partial charge on any atom is 0.344 e. The van der Waals surface area contributed by atoms with Gasteiger partial charge in [0.1, 0.15) is 11.7 Å². The monoisotopic (exact) mass is 473 g/mol. The van der Waals surface area contributed by atoms with Crippen molar-refractivity contribution in [1.82, 2.24) is 24.7 Å². The SMILES string of the molecule is C=CCc1nnc([N+]2([O-])CN(C)CC2OC(=O)c2cncc(I)c2)s1. The predicted octanol–water partition coefficient (Wildman–Crippen LogP) is 2.16. The van der Waals surface area contributed by atoms with Gasteiger partial charge in [-0.05, 0) is 47.0 Å². The Balaban J connectivity index is 1.83. The molecule has 0 radical (unpaired) electrons. The molecule has 0 N–H and O–H groups in total. The molecule has 2 aromatic heterocycles. The van der Waals surface area contributed by atoms with E-state index in [9.17, 15) is 10.0 Å². The maximum absolute atomic E-state index is 13.4. The summed E-state index contributed by atoms with van der Waals surface area (Å²) < 4.78 is 5.48. The van der Waals surface area contributed by atoms with Gasteiger partial charge < -0.3 is 9.94 Å². The van der Waals surface area contributed by atoms with Crippen molar-refractivity contribution in [3.05, 3.63) is 50.5 Å². The van der Waals surface area contributed by atoms with Crippen LogP contribution < -0.4 is 4.65 Å². The summed E-state index contributed by atoms with van der Waals surface area (Å²) >= 11 is 3.28. The molecule has 2 unspecified atom stereocenters. The van der Waals surface area contributed by atoms with E-state index < -0.39 is 16.8 Å². The number of hydrogen-bond acceptors (Lipinski definition) is 8. The third kappa shape index (κ3) is 3.87. The molecule has 0 saturated carbocycles. The Morgan fingerprint density at radius 1 is 1.60 bits per heavy atom. The van der Waals surface area contributed by atoms with Crippen molar-refractivity contribution in [3.63, 3.8) is 0 Å². The minimum absolute atomic E-state index is 0.144. The predicted molar refractivity (Wildman–Crippen MR) is 103 cm³/mol. The second-order valence-corrected chi connectivity index (χ2v) is 7.98. The molecule has 132 valence electrons. The number of likely N-dealkylation sites (N-methyl/N-ethyl adjacent to an activating group) is 1. The molecular formula is C15H16IN5O3S. The molecule has 3 heterocycles. The van der Waals surface area contributed by atoms with Gasteiger partial charge in [0.05, 0.1) is 12.1 Å². The topological polar surface area (TPSA) is 91.3 Å². The van der Waals surface area contributed by atoms with E-state index in [0.29, 0.717) is 23.5 Å². The Morgan fingerprint density at radius 2 is 2.40 bits per heavy atom. The highest BCUT2D eigenvalue weighted by Crippen LogP contribution is 2.34. The van der Waals surface area contributed by atoms with Crippen LogP contribution in [0.25, 0.3) is 0 Å². The zero-order chi connectivity index (χ0) is 18.0. The highest BCUT2D eigenvalue weighted by Gasteiger charge is 2.45. The second-order valence-electron chi connectivity index (χ2n) is 5.70. The Bertz CT molecular complexity index is 801. The number of halogens is 1. The van der Waals surface area contributed by atoms with E-state index in [0.717, 1.165) is 3.57 Å². The van der Waals surface area contributed by atoms with E-state index in [2.05, 4.69) is 44.4 Å². The third-order valence-electron chi connectivity index (χ3n) is 3.67. The summed E-state index contributed by atoms with van der Waals surface area (Å²) in [6, 6.07) is 1.67. The molecule has 8 nitrogen and oxygen atoms in total. The van der Waals surface area contributed by atoms with Crippen LogP contribution in [0.3, 0.4) is 0 Å². The van der Waals surface area contributed by atoms with Crippen LogP contribution in [0.15, 0.2) is 31.1 Å². The number of pyridine rings is 1. The molecule has 2 atom stereocenters. The van der Waals surface area contributed by atoms with Crippen molar-refractivity contribution >= 4 is 45.0 Å². The van der Waals surface area contributed by atoms with Gasteiger partial charge in [0, 0.05) is 22.4 Å². The largest absolute Gasteiger partial charge is 0.622 e. The Hall–Kier alpha value is -1.47.